The van der Waals surface area contributed by atoms with Gasteiger partial charge in [-0.3, -0.25) is 4.79 Å². The van der Waals surface area contributed by atoms with Crippen LogP contribution in [0, 0.1) is 11.6 Å². The largest absolute Gasteiger partial charge is 0.416 e. The first kappa shape index (κ1) is 18.5. The Morgan fingerprint density at radius 2 is 1.96 bits per heavy atom. The molecule has 5 nitrogen and oxygen atoms in total. The van der Waals surface area contributed by atoms with E-state index in [9.17, 15) is 13.6 Å². The Labute approximate surface area is 160 Å². The summed E-state index contributed by atoms with van der Waals surface area (Å²) >= 11 is 4.04. The zero-order valence-corrected chi connectivity index (χ0v) is 15.6. The van der Waals surface area contributed by atoms with Crippen molar-refractivity contribution < 1.29 is 18.0 Å². The molecule has 0 saturated heterocycles. The summed E-state index contributed by atoms with van der Waals surface area (Å²) in [4.78, 5) is 12.0. The van der Waals surface area contributed by atoms with Gasteiger partial charge in [-0.15, -0.1) is 10.2 Å². The van der Waals surface area contributed by atoms with Crippen LogP contribution in [0.2, 0.25) is 0 Å². The van der Waals surface area contributed by atoms with Gasteiger partial charge >= 0.3 is 0 Å². The molecule has 134 valence electrons. The highest BCUT2D eigenvalue weighted by atomic mass is 79.9. The molecule has 1 heterocycles. The maximum atomic E-state index is 13.7. The van der Waals surface area contributed by atoms with Crippen molar-refractivity contribution in [2.24, 2.45) is 0 Å². The highest BCUT2D eigenvalue weighted by Crippen LogP contribution is 2.27. The van der Waals surface area contributed by atoms with Crippen LogP contribution in [-0.2, 0) is 11.2 Å². The van der Waals surface area contributed by atoms with E-state index in [4.69, 9.17) is 4.42 Å². The first-order chi connectivity index (χ1) is 12.5. The van der Waals surface area contributed by atoms with Gasteiger partial charge < -0.3 is 9.73 Å². The summed E-state index contributed by atoms with van der Waals surface area (Å²) in [5.41, 5.74) is 0.911. The van der Waals surface area contributed by atoms with Gasteiger partial charge in [0.25, 0.3) is 5.22 Å². The van der Waals surface area contributed by atoms with Crippen LogP contribution in [0.25, 0.3) is 0 Å². The van der Waals surface area contributed by atoms with Crippen molar-refractivity contribution in [3.05, 3.63) is 70.0 Å². The number of hydrogen-bond donors (Lipinski definition) is 1. The van der Waals surface area contributed by atoms with Crippen molar-refractivity contribution in [3.8, 4) is 0 Å². The van der Waals surface area contributed by atoms with Crippen molar-refractivity contribution in [2.45, 2.75) is 11.6 Å². The number of halogens is 3. The van der Waals surface area contributed by atoms with Crippen LogP contribution in [0.3, 0.4) is 0 Å². The number of nitrogens with zero attached hydrogens (tertiary/aromatic N) is 2. The van der Waals surface area contributed by atoms with Crippen molar-refractivity contribution in [1.82, 2.24) is 10.2 Å². The molecule has 0 spiro atoms. The molecule has 0 aliphatic carbocycles. The predicted molar refractivity (Wildman–Crippen MR) is 97.0 cm³/mol. The van der Waals surface area contributed by atoms with E-state index in [1.54, 1.807) is 0 Å². The Hall–Kier alpha value is -2.26. The van der Waals surface area contributed by atoms with Gasteiger partial charge in [-0.1, -0.05) is 42.1 Å². The minimum atomic E-state index is -0.863. The molecule has 0 bridgehead atoms. The molecule has 0 aliphatic rings. The maximum absolute atomic E-state index is 13.7. The van der Waals surface area contributed by atoms with Crippen LogP contribution in [0.15, 0.2) is 56.6 Å². The summed E-state index contributed by atoms with van der Waals surface area (Å²) < 4.78 is 32.4. The highest BCUT2D eigenvalue weighted by Gasteiger charge is 2.15. The van der Waals surface area contributed by atoms with Crippen molar-refractivity contribution in [3.63, 3.8) is 0 Å². The number of anilines is 1. The van der Waals surface area contributed by atoms with E-state index in [1.165, 1.54) is 0 Å². The molecule has 1 amide bonds. The molecule has 3 rings (SSSR count). The van der Waals surface area contributed by atoms with E-state index in [0.29, 0.717) is 18.4 Å². The third kappa shape index (κ3) is 4.89. The summed E-state index contributed by atoms with van der Waals surface area (Å²) in [5.74, 6) is -1.71. The monoisotopic (exact) mass is 439 g/mol. The quantitative estimate of drug-likeness (QED) is 0.575. The molecule has 0 aliphatic heterocycles. The summed E-state index contributed by atoms with van der Waals surface area (Å²) in [6, 6.07) is 11.4. The number of carbonyl (C=O) groups is 1. The lowest BCUT2D eigenvalue weighted by Crippen LogP contribution is -2.15. The van der Waals surface area contributed by atoms with E-state index in [-0.39, 0.29) is 21.1 Å². The van der Waals surface area contributed by atoms with Gasteiger partial charge in [-0.2, -0.15) is 0 Å². The topological polar surface area (TPSA) is 68.0 Å². The summed E-state index contributed by atoms with van der Waals surface area (Å²) in [6.45, 7) is 0. The molecule has 3 aromatic rings. The Bertz CT molecular complexity index is 898. The second-order valence-corrected chi connectivity index (χ2v) is 6.99. The third-order valence-electron chi connectivity index (χ3n) is 3.24. The Kier molecular flexibility index (Phi) is 6.00. The predicted octanol–water partition coefficient (Wildman–Crippen LogP) is 4.43. The van der Waals surface area contributed by atoms with Gasteiger partial charge in [0.15, 0.2) is 5.82 Å². The lowest BCUT2D eigenvalue weighted by Gasteiger charge is -2.08. The minimum absolute atomic E-state index is 0.0593. The maximum Gasteiger partial charge on any atom is 0.277 e. The van der Waals surface area contributed by atoms with Crippen LogP contribution >= 0.6 is 27.7 Å². The zero-order valence-electron chi connectivity index (χ0n) is 13.2. The van der Waals surface area contributed by atoms with E-state index >= 15 is 0 Å². The Balaban J connectivity index is 1.55. The van der Waals surface area contributed by atoms with Crippen molar-refractivity contribution in [1.29, 1.82) is 0 Å². The number of carbonyl (C=O) groups excluding carboxylic acids is 1. The number of benzene rings is 2. The number of nitrogens with one attached hydrogen (secondary N) is 1. The highest BCUT2D eigenvalue weighted by molar-refractivity contribution is 9.10. The molecular weight excluding hydrogens is 428 g/mol. The fourth-order valence-corrected chi connectivity index (χ4v) is 3.19. The molecule has 0 radical (unpaired) electrons. The molecule has 0 atom stereocenters. The van der Waals surface area contributed by atoms with Gasteiger partial charge in [0.1, 0.15) is 5.82 Å². The minimum Gasteiger partial charge on any atom is -0.416 e. The SMILES string of the molecule is O=C(CSc1nnc(Cc2ccccc2)o1)Nc1c(F)cc(F)cc1Br. The Morgan fingerprint density at radius 1 is 1.19 bits per heavy atom. The first-order valence-electron chi connectivity index (χ1n) is 7.45. The second-order valence-electron chi connectivity index (χ2n) is 5.21. The molecule has 0 fully saturated rings. The van der Waals surface area contributed by atoms with E-state index in [1.807, 2.05) is 30.3 Å². The molecule has 0 unspecified atom stereocenters. The van der Waals surface area contributed by atoms with Crippen molar-refractivity contribution in [2.75, 3.05) is 11.1 Å². The summed E-state index contributed by atoms with van der Waals surface area (Å²) in [5, 5.41) is 10.4. The number of rotatable bonds is 6. The fraction of sp³-hybridized carbons (Fsp3) is 0.118. The van der Waals surface area contributed by atoms with Gasteiger partial charge in [0, 0.05) is 10.5 Å². The van der Waals surface area contributed by atoms with Crippen LogP contribution in [0.5, 0.6) is 0 Å². The van der Waals surface area contributed by atoms with Crippen molar-refractivity contribution >= 4 is 39.3 Å². The molecule has 1 N–H and O–H groups in total. The average molecular weight is 440 g/mol. The molecular formula is C17H12BrF2N3O2S. The zero-order chi connectivity index (χ0) is 18.5. The fourth-order valence-electron chi connectivity index (χ4n) is 2.10. The number of hydrogen-bond acceptors (Lipinski definition) is 5. The molecule has 2 aromatic carbocycles. The number of amides is 1. The van der Waals surface area contributed by atoms with Crippen LogP contribution < -0.4 is 5.32 Å². The summed E-state index contributed by atoms with van der Waals surface area (Å²) in [6.07, 6.45) is 0.494. The smallest absolute Gasteiger partial charge is 0.277 e. The first-order valence-corrected chi connectivity index (χ1v) is 9.22. The van der Waals surface area contributed by atoms with Gasteiger partial charge in [0.2, 0.25) is 11.8 Å². The van der Waals surface area contributed by atoms with Gasteiger partial charge in [-0.05, 0) is 27.6 Å². The summed E-state index contributed by atoms with van der Waals surface area (Å²) in [7, 11) is 0. The molecule has 26 heavy (non-hydrogen) atoms. The van der Waals surface area contributed by atoms with Gasteiger partial charge in [0.05, 0.1) is 17.9 Å². The van der Waals surface area contributed by atoms with E-state index in [2.05, 4.69) is 31.4 Å². The van der Waals surface area contributed by atoms with Crippen LogP contribution in [0.4, 0.5) is 14.5 Å². The molecule has 0 saturated carbocycles. The normalized spacial score (nSPS) is 10.7. The third-order valence-corrected chi connectivity index (χ3v) is 4.69. The number of thioether (sulfide) groups is 1. The Morgan fingerprint density at radius 3 is 2.69 bits per heavy atom. The van der Waals surface area contributed by atoms with Crippen LogP contribution in [0.1, 0.15) is 11.5 Å². The van der Waals surface area contributed by atoms with Crippen LogP contribution in [-0.4, -0.2) is 21.9 Å². The second kappa shape index (κ2) is 8.41. The van der Waals surface area contributed by atoms with E-state index < -0.39 is 17.5 Å². The molecule has 9 heteroatoms. The average Bonchev–Trinajstić information content (AvgIpc) is 3.04. The van der Waals surface area contributed by atoms with E-state index in [0.717, 1.165) is 23.4 Å². The lowest BCUT2D eigenvalue weighted by molar-refractivity contribution is -0.113. The number of aromatic nitrogens is 2. The molecule has 1 aromatic heterocycles. The standard InChI is InChI=1S/C17H12BrF2N3O2S/c18-12-7-11(19)8-13(20)16(12)21-14(24)9-26-17-23-22-15(25-17)6-10-4-2-1-3-5-10/h1-5,7-8H,6,9H2,(H,21,24). The van der Waals surface area contributed by atoms with Gasteiger partial charge in [-0.25, -0.2) is 8.78 Å². The lowest BCUT2D eigenvalue weighted by atomic mass is 10.2.